The van der Waals surface area contributed by atoms with E-state index in [0.29, 0.717) is 22.8 Å². The van der Waals surface area contributed by atoms with Gasteiger partial charge < -0.3 is 15.4 Å². The van der Waals surface area contributed by atoms with Crippen molar-refractivity contribution in [2.24, 2.45) is 0 Å². The summed E-state index contributed by atoms with van der Waals surface area (Å²) in [6, 6.07) is 7.85. The van der Waals surface area contributed by atoms with Gasteiger partial charge in [0.25, 0.3) is 5.91 Å². The van der Waals surface area contributed by atoms with Gasteiger partial charge in [-0.25, -0.2) is 4.79 Å². The molecular weight excluding hydrogens is 314 g/mol. The molecule has 23 heavy (non-hydrogen) atoms. The Morgan fingerprint density at radius 1 is 1.22 bits per heavy atom. The summed E-state index contributed by atoms with van der Waals surface area (Å²) in [5.41, 5.74) is 3.12. The molecule has 0 aliphatic carbocycles. The number of anilines is 1. The summed E-state index contributed by atoms with van der Waals surface area (Å²) in [6.07, 6.45) is 0. The second-order valence-electron chi connectivity index (χ2n) is 5.06. The van der Waals surface area contributed by atoms with Gasteiger partial charge in [-0.05, 0) is 30.9 Å². The van der Waals surface area contributed by atoms with Gasteiger partial charge in [-0.15, -0.1) is 0 Å². The fraction of sp³-hybridized carbons (Fsp3) is 0.312. The van der Waals surface area contributed by atoms with Crippen LogP contribution >= 0.6 is 11.5 Å². The molecule has 6 nitrogen and oxygen atoms in total. The molecule has 1 aromatic heterocycles. The Balaban J connectivity index is 1.83. The highest BCUT2D eigenvalue weighted by atomic mass is 32.1. The standard InChI is InChI=1S/C16H19N3O3S/c1-10-4-6-12(7-5-10)8-18-13(20)9-22-16(21)14-11(2)19-23-15(14)17-3/h4-7,17H,8-9H2,1-3H3,(H,18,20). The molecule has 0 aliphatic rings. The third-order valence-electron chi connectivity index (χ3n) is 3.24. The minimum atomic E-state index is -0.550. The minimum absolute atomic E-state index is 0.316. The number of aryl methyl sites for hydroxylation is 2. The topological polar surface area (TPSA) is 80.3 Å². The van der Waals surface area contributed by atoms with Crippen molar-refractivity contribution in [2.45, 2.75) is 20.4 Å². The van der Waals surface area contributed by atoms with Crippen LogP contribution in [0.15, 0.2) is 24.3 Å². The molecule has 0 fully saturated rings. The van der Waals surface area contributed by atoms with Crippen LogP contribution in [-0.2, 0) is 16.1 Å². The molecule has 0 spiro atoms. The quantitative estimate of drug-likeness (QED) is 0.793. The molecule has 2 aromatic rings. The number of benzene rings is 1. The van der Waals surface area contributed by atoms with Crippen LogP contribution < -0.4 is 10.6 Å². The van der Waals surface area contributed by atoms with Crippen molar-refractivity contribution in [3.63, 3.8) is 0 Å². The Morgan fingerprint density at radius 2 is 1.91 bits per heavy atom. The summed E-state index contributed by atoms with van der Waals surface area (Å²) < 4.78 is 9.15. The van der Waals surface area contributed by atoms with Gasteiger partial charge >= 0.3 is 5.97 Å². The van der Waals surface area contributed by atoms with Gasteiger partial charge in [-0.2, -0.15) is 4.37 Å². The highest BCUT2D eigenvalue weighted by Crippen LogP contribution is 2.24. The van der Waals surface area contributed by atoms with E-state index in [0.717, 1.165) is 11.1 Å². The number of ether oxygens (including phenoxy) is 1. The van der Waals surface area contributed by atoms with Gasteiger partial charge in [0.1, 0.15) is 10.6 Å². The average Bonchev–Trinajstić information content (AvgIpc) is 2.93. The molecule has 0 aliphatic heterocycles. The van der Waals surface area contributed by atoms with E-state index in [1.165, 1.54) is 11.5 Å². The van der Waals surface area contributed by atoms with Gasteiger partial charge in [-0.1, -0.05) is 29.8 Å². The van der Waals surface area contributed by atoms with Crippen molar-refractivity contribution in [3.05, 3.63) is 46.6 Å². The molecule has 0 atom stereocenters. The monoisotopic (exact) mass is 333 g/mol. The van der Waals surface area contributed by atoms with Crippen LogP contribution in [0.2, 0.25) is 0 Å². The predicted octanol–water partition coefficient (Wildman–Crippen LogP) is 2.27. The second-order valence-corrected chi connectivity index (χ2v) is 5.83. The van der Waals surface area contributed by atoms with Gasteiger partial charge in [0, 0.05) is 13.6 Å². The summed E-state index contributed by atoms with van der Waals surface area (Å²) in [5, 5.41) is 6.24. The summed E-state index contributed by atoms with van der Waals surface area (Å²) in [5.74, 6) is -0.892. The highest BCUT2D eigenvalue weighted by Gasteiger charge is 2.19. The number of hydrogen-bond donors (Lipinski definition) is 2. The van der Waals surface area contributed by atoms with E-state index in [2.05, 4.69) is 15.0 Å². The van der Waals surface area contributed by atoms with Crippen molar-refractivity contribution in [1.82, 2.24) is 9.69 Å². The number of hydrogen-bond acceptors (Lipinski definition) is 6. The van der Waals surface area contributed by atoms with E-state index in [1.807, 2.05) is 31.2 Å². The first-order chi connectivity index (χ1) is 11.0. The van der Waals surface area contributed by atoms with Crippen molar-refractivity contribution in [1.29, 1.82) is 0 Å². The van der Waals surface area contributed by atoms with Crippen LogP contribution in [0.4, 0.5) is 5.00 Å². The number of amides is 1. The highest BCUT2D eigenvalue weighted by molar-refractivity contribution is 7.10. The molecule has 0 unspecified atom stereocenters. The third kappa shape index (κ3) is 4.53. The lowest BCUT2D eigenvalue weighted by Crippen LogP contribution is -2.28. The zero-order chi connectivity index (χ0) is 16.8. The molecule has 1 amide bonds. The molecule has 1 heterocycles. The zero-order valence-electron chi connectivity index (χ0n) is 13.3. The summed E-state index contributed by atoms with van der Waals surface area (Å²) in [7, 11) is 1.71. The number of nitrogens with zero attached hydrogens (tertiary/aromatic N) is 1. The average molecular weight is 333 g/mol. The van der Waals surface area contributed by atoms with E-state index in [-0.39, 0.29) is 12.5 Å². The maximum absolute atomic E-state index is 12.0. The first-order valence-electron chi connectivity index (χ1n) is 7.14. The van der Waals surface area contributed by atoms with Crippen LogP contribution in [-0.4, -0.2) is 29.9 Å². The number of aromatic nitrogens is 1. The molecule has 122 valence electrons. The number of carbonyl (C=O) groups excluding carboxylic acids is 2. The number of esters is 1. The molecule has 0 radical (unpaired) electrons. The zero-order valence-corrected chi connectivity index (χ0v) is 14.1. The van der Waals surface area contributed by atoms with Crippen molar-refractivity contribution < 1.29 is 14.3 Å². The largest absolute Gasteiger partial charge is 0.452 e. The van der Waals surface area contributed by atoms with E-state index in [1.54, 1.807) is 14.0 Å². The molecule has 7 heteroatoms. The van der Waals surface area contributed by atoms with Gasteiger partial charge in [0.05, 0.1) is 5.69 Å². The molecular formula is C16H19N3O3S. The van der Waals surface area contributed by atoms with E-state index < -0.39 is 5.97 Å². The summed E-state index contributed by atoms with van der Waals surface area (Å²) in [6.45, 7) is 3.81. The van der Waals surface area contributed by atoms with E-state index in [9.17, 15) is 9.59 Å². The van der Waals surface area contributed by atoms with Crippen LogP contribution in [0.3, 0.4) is 0 Å². The third-order valence-corrected chi connectivity index (χ3v) is 4.19. The molecule has 2 N–H and O–H groups in total. The summed E-state index contributed by atoms with van der Waals surface area (Å²) in [4.78, 5) is 23.8. The molecule has 0 saturated heterocycles. The van der Waals surface area contributed by atoms with Crippen LogP contribution in [0.5, 0.6) is 0 Å². The molecule has 1 aromatic carbocycles. The lowest BCUT2D eigenvalue weighted by atomic mass is 10.1. The van der Waals surface area contributed by atoms with E-state index in [4.69, 9.17) is 4.74 Å². The van der Waals surface area contributed by atoms with Crippen LogP contribution in [0.25, 0.3) is 0 Å². The Labute approximate surface area is 139 Å². The Bertz CT molecular complexity index is 695. The van der Waals surface area contributed by atoms with Gasteiger partial charge in [0.15, 0.2) is 6.61 Å². The minimum Gasteiger partial charge on any atom is -0.452 e. The molecule has 2 rings (SSSR count). The number of nitrogens with one attached hydrogen (secondary N) is 2. The van der Waals surface area contributed by atoms with Gasteiger partial charge in [0.2, 0.25) is 0 Å². The smallest absolute Gasteiger partial charge is 0.343 e. The fourth-order valence-corrected chi connectivity index (χ4v) is 2.67. The van der Waals surface area contributed by atoms with Crippen LogP contribution in [0.1, 0.15) is 27.2 Å². The van der Waals surface area contributed by atoms with Crippen molar-refractivity contribution in [3.8, 4) is 0 Å². The maximum atomic E-state index is 12.0. The lowest BCUT2D eigenvalue weighted by Gasteiger charge is -2.07. The Hall–Kier alpha value is -2.41. The first-order valence-corrected chi connectivity index (χ1v) is 7.92. The maximum Gasteiger partial charge on any atom is 0.343 e. The van der Waals surface area contributed by atoms with Crippen molar-refractivity contribution >= 4 is 28.4 Å². The first kappa shape index (κ1) is 17.0. The van der Waals surface area contributed by atoms with Crippen molar-refractivity contribution in [2.75, 3.05) is 19.0 Å². The van der Waals surface area contributed by atoms with E-state index >= 15 is 0 Å². The normalized spacial score (nSPS) is 10.2. The molecule has 0 bridgehead atoms. The number of rotatable bonds is 6. The van der Waals surface area contributed by atoms with Crippen LogP contribution in [0, 0.1) is 13.8 Å². The summed E-state index contributed by atoms with van der Waals surface area (Å²) >= 11 is 1.18. The fourth-order valence-electron chi connectivity index (χ4n) is 1.94. The van der Waals surface area contributed by atoms with Gasteiger partial charge in [-0.3, -0.25) is 4.79 Å². The SMILES string of the molecule is CNc1snc(C)c1C(=O)OCC(=O)NCc1ccc(C)cc1. The lowest BCUT2D eigenvalue weighted by molar-refractivity contribution is -0.124. The molecule has 0 saturated carbocycles. The number of carbonyl (C=O) groups is 2. The predicted molar refractivity (Wildman–Crippen MR) is 89.7 cm³/mol. The Kier molecular flexibility index (Phi) is 5.70. The Morgan fingerprint density at radius 3 is 2.57 bits per heavy atom. The second kappa shape index (κ2) is 7.73.